The highest BCUT2D eigenvalue weighted by atomic mass is 28.4. The Balaban J connectivity index is 2.31. The van der Waals surface area contributed by atoms with Gasteiger partial charge in [0.1, 0.15) is 0 Å². The van der Waals surface area contributed by atoms with Crippen LogP contribution in [0, 0.1) is 0 Å². The van der Waals surface area contributed by atoms with Crippen molar-refractivity contribution >= 4 is 23.9 Å². The molecule has 0 aromatic heterocycles. The van der Waals surface area contributed by atoms with Crippen molar-refractivity contribution < 1.29 is 4.43 Å². The van der Waals surface area contributed by atoms with E-state index >= 15 is 0 Å². The van der Waals surface area contributed by atoms with Crippen LogP contribution in [-0.2, 0) is 4.43 Å². The van der Waals surface area contributed by atoms with Crippen molar-refractivity contribution in [2.75, 3.05) is 0 Å². The summed E-state index contributed by atoms with van der Waals surface area (Å²) in [4.78, 5) is 0. The fraction of sp³-hybridized carbons (Fsp3) is 0.154. The quantitative estimate of drug-likeness (QED) is 0.243. The summed E-state index contributed by atoms with van der Waals surface area (Å²) in [6.07, 6.45) is 5.27. The molecule has 3 aromatic carbocycles. The Morgan fingerprint density at radius 2 is 1.11 bits per heavy atom. The molecule has 0 atom stereocenters. The maximum Gasteiger partial charge on any atom is 0.346 e. The van der Waals surface area contributed by atoms with E-state index in [1.54, 1.807) is 0 Å². The molecule has 0 unspecified atom stereocenters. The molecule has 142 valence electrons. The molecule has 1 nitrogen and oxygen atoms in total. The maximum atomic E-state index is 7.07. The lowest BCUT2D eigenvalue weighted by Crippen LogP contribution is -2.69. The normalized spacial score (nSPS) is 11.8. The van der Waals surface area contributed by atoms with Gasteiger partial charge in [-0.3, -0.25) is 0 Å². The second-order valence-corrected chi connectivity index (χ2v) is 10.4. The predicted molar refractivity (Wildman–Crippen MR) is 123 cm³/mol. The molecule has 0 aliphatic carbocycles. The zero-order valence-electron chi connectivity index (χ0n) is 16.9. The number of hydrogen-bond acceptors (Lipinski definition) is 1. The van der Waals surface area contributed by atoms with Gasteiger partial charge >= 0.3 is 8.32 Å². The SMILES string of the molecule is CC/C=C(/C=C(C)C)O[Si](c1ccccc1)(c1ccccc1)c1ccccc1. The standard InChI is InChI=1S/C26H28OSi/c1-4-14-23(21-22(2)3)27-28(24-15-8-5-9-16-24,25-17-10-6-11-18-25)26-19-12-7-13-20-26/h5-21H,4H2,1-3H3/b23-14-. The number of benzene rings is 3. The largest absolute Gasteiger partial charge is 0.531 e. The molecule has 0 radical (unpaired) electrons. The number of allylic oxidation sites excluding steroid dienone is 3. The molecule has 0 saturated carbocycles. The van der Waals surface area contributed by atoms with Gasteiger partial charge in [0.2, 0.25) is 0 Å². The number of rotatable bonds is 7. The highest BCUT2D eigenvalue weighted by molar-refractivity contribution is 7.07. The average Bonchev–Trinajstić information content (AvgIpc) is 2.73. The monoisotopic (exact) mass is 384 g/mol. The van der Waals surface area contributed by atoms with Crippen molar-refractivity contribution in [2.45, 2.75) is 27.2 Å². The summed E-state index contributed by atoms with van der Waals surface area (Å²) in [5.74, 6) is 0.950. The van der Waals surface area contributed by atoms with Gasteiger partial charge in [0, 0.05) is 0 Å². The Hall–Kier alpha value is -2.84. The molecule has 28 heavy (non-hydrogen) atoms. The fourth-order valence-corrected chi connectivity index (χ4v) is 7.32. The Kier molecular flexibility index (Phi) is 6.67. The van der Waals surface area contributed by atoms with Crippen molar-refractivity contribution in [1.29, 1.82) is 0 Å². The van der Waals surface area contributed by atoms with Crippen LogP contribution >= 0.6 is 0 Å². The number of hydrogen-bond donors (Lipinski definition) is 0. The van der Waals surface area contributed by atoms with Crippen LogP contribution in [0.15, 0.2) is 114 Å². The lowest BCUT2D eigenvalue weighted by Gasteiger charge is -2.34. The molecule has 0 fully saturated rings. The summed E-state index contributed by atoms with van der Waals surface area (Å²) in [5, 5.41) is 3.74. The second-order valence-electron chi connectivity index (χ2n) is 7.12. The molecule has 0 spiro atoms. The summed E-state index contributed by atoms with van der Waals surface area (Å²) in [6.45, 7) is 6.38. The van der Waals surface area contributed by atoms with Gasteiger partial charge in [-0.15, -0.1) is 0 Å². The highest BCUT2D eigenvalue weighted by Gasteiger charge is 2.44. The zero-order valence-corrected chi connectivity index (χ0v) is 17.9. The van der Waals surface area contributed by atoms with Crippen molar-refractivity contribution in [1.82, 2.24) is 0 Å². The van der Waals surface area contributed by atoms with Gasteiger partial charge in [-0.1, -0.05) is 103 Å². The third-order valence-corrected chi connectivity index (χ3v) is 8.63. The summed E-state index contributed by atoms with van der Waals surface area (Å²) in [6, 6.07) is 32.1. The molecule has 0 N–H and O–H groups in total. The third kappa shape index (κ3) is 4.34. The second kappa shape index (κ2) is 9.38. The molecular weight excluding hydrogens is 356 g/mol. The molecule has 0 bridgehead atoms. The van der Waals surface area contributed by atoms with Crippen molar-refractivity contribution in [3.8, 4) is 0 Å². The van der Waals surface area contributed by atoms with Crippen LogP contribution in [0.5, 0.6) is 0 Å². The van der Waals surface area contributed by atoms with Gasteiger partial charge in [0.15, 0.2) is 0 Å². The van der Waals surface area contributed by atoms with Crippen LogP contribution in [0.1, 0.15) is 27.2 Å². The zero-order chi connectivity index (χ0) is 19.8. The van der Waals surface area contributed by atoms with Gasteiger partial charge in [-0.05, 0) is 48.0 Å². The maximum absolute atomic E-state index is 7.07. The van der Waals surface area contributed by atoms with Crippen LogP contribution in [0.4, 0.5) is 0 Å². The highest BCUT2D eigenvalue weighted by Crippen LogP contribution is 2.17. The molecule has 0 amide bonds. The van der Waals surface area contributed by atoms with E-state index in [9.17, 15) is 0 Å². The van der Waals surface area contributed by atoms with Crippen LogP contribution in [0.2, 0.25) is 0 Å². The summed E-state index contributed by atoms with van der Waals surface area (Å²) in [7, 11) is -2.70. The Morgan fingerprint density at radius 3 is 1.43 bits per heavy atom. The van der Waals surface area contributed by atoms with Crippen LogP contribution in [-0.4, -0.2) is 8.32 Å². The van der Waals surface area contributed by atoms with E-state index in [0.29, 0.717) is 0 Å². The lowest BCUT2D eigenvalue weighted by atomic mass is 10.3. The van der Waals surface area contributed by atoms with Crippen molar-refractivity contribution in [3.05, 3.63) is 114 Å². The molecule has 2 heteroatoms. The first-order chi connectivity index (χ1) is 13.7. The predicted octanol–water partition coefficient (Wildman–Crippen LogP) is 4.93. The van der Waals surface area contributed by atoms with Crippen LogP contribution in [0.25, 0.3) is 0 Å². The molecule has 0 aliphatic rings. The minimum absolute atomic E-state index is 0.933. The third-order valence-electron chi connectivity index (χ3n) is 4.65. The average molecular weight is 385 g/mol. The van der Waals surface area contributed by atoms with Gasteiger partial charge < -0.3 is 4.43 Å². The first kappa shape index (κ1) is 19.9. The molecule has 3 aromatic rings. The molecule has 0 saturated heterocycles. The van der Waals surface area contributed by atoms with E-state index in [-0.39, 0.29) is 0 Å². The Labute approximate surface area is 170 Å². The molecular formula is C26H28OSi. The first-order valence-corrected chi connectivity index (χ1v) is 11.8. The summed E-state index contributed by atoms with van der Waals surface area (Å²) >= 11 is 0. The molecule has 0 aliphatic heterocycles. The molecule has 0 heterocycles. The van der Waals surface area contributed by atoms with Crippen LogP contribution in [0.3, 0.4) is 0 Å². The van der Waals surface area contributed by atoms with Gasteiger partial charge in [0.05, 0.1) is 5.76 Å². The lowest BCUT2D eigenvalue weighted by molar-refractivity contribution is 0.454. The van der Waals surface area contributed by atoms with Gasteiger partial charge in [-0.2, -0.15) is 0 Å². The van der Waals surface area contributed by atoms with E-state index in [1.165, 1.54) is 21.1 Å². The topological polar surface area (TPSA) is 9.23 Å². The van der Waals surface area contributed by atoms with Gasteiger partial charge in [-0.25, -0.2) is 0 Å². The smallest absolute Gasteiger partial charge is 0.346 e. The summed E-state index contributed by atoms with van der Waals surface area (Å²) < 4.78 is 7.07. The van der Waals surface area contributed by atoms with E-state index in [0.717, 1.165) is 12.2 Å². The van der Waals surface area contributed by atoms with Crippen LogP contribution < -0.4 is 15.6 Å². The van der Waals surface area contributed by atoms with E-state index in [4.69, 9.17) is 4.43 Å². The molecule has 3 rings (SSSR count). The Morgan fingerprint density at radius 1 is 0.714 bits per heavy atom. The van der Waals surface area contributed by atoms with Crippen molar-refractivity contribution in [3.63, 3.8) is 0 Å². The first-order valence-electron chi connectivity index (χ1n) is 9.87. The van der Waals surface area contributed by atoms with Crippen molar-refractivity contribution in [2.24, 2.45) is 0 Å². The minimum atomic E-state index is -2.70. The minimum Gasteiger partial charge on any atom is -0.531 e. The fourth-order valence-electron chi connectivity index (χ4n) is 3.49. The van der Waals surface area contributed by atoms with Gasteiger partial charge in [0.25, 0.3) is 0 Å². The van der Waals surface area contributed by atoms with E-state index in [2.05, 4.69) is 124 Å². The Bertz CT molecular complexity index is 827. The van der Waals surface area contributed by atoms with E-state index < -0.39 is 8.32 Å². The van der Waals surface area contributed by atoms with E-state index in [1.807, 2.05) is 0 Å². The summed E-state index contributed by atoms with van der Waals surface area (Å²) in [5.41, 5.74) is 1.23.